The first-order valence-corrected chi connectivity index (χ1v) is 12.6. The number of alkyl halides is 2. The number of halogens is 2. The van der Waals surface area contributed by atoms with Crippen molar-refractivity contribution in [3.8, 4) is 5.75 Å². The maximum absolute atomic E-state index is 13.0. The largest absolute Gasteiger partial charge is 0.491 e. The van der Waals surface area contributed by atoms with Crippen LogP contribution in [0.1, 0.15) is 57.8 Å². The highest BCUT2D eigenvalue weighted by molar-refractivity contribution is 6.25. The summed E-state index contributed by atoms with van der Waals surface area (Å²) < 4.78 is 11.6. The number of carbonyl (C=O) groups excluding carboxylic acids is 3. The van der Waals surface area contributed by atoms with Crippen molar-refractivity contribution in [3.05, 3.63) is 46.1 Å². The van der Waals surface area contributed by atoms with Crippen LogP contribution in [0, 0.1) is 0 Å². The van der Waals surface area contributed by atoms with Gasteiger partial charge in [0.15, 0.2) is 11.6 Å². The summed E-state index contributed by atoms with van der Waals surface area (Å²) in [6.07, 6.45) is 0.961. The Hall–Kier alpha value is -2.31. The highest BCUT2D eigenvalue weighted by Crippen LogP contribution is 2.32. The number of esters is 1. The summed E-state index contributed by atoms with van der Waals surface area (Å²) >= 11 is 11.9. The van der Waals surface area contributed by atoms with Crippen molar-refractivity contribution in [2.24, 2.45) is 0 Å². The van der Waals surface area contributed by atoms with E-state index < -0.39 is 12.1 Å². The summed E-state index contributed by atoms with van der Waals surface area (Å²) in [4.78, 5) is 40.3. The quantitative estimate of drug-likeness (QED) is 0.160. The molecule has 0 spiro atoms. The van der Waals surface area contributed by atoms with Gasteiger partial charge in [-0.3, -0.25) is 9.59 Å². The summed E-state index contributed by atoms with van der Waals surface area (Å²) in [6.45, 7) is 10.2. The van der Waals surface area contributed by atoms with Crippen LogP contribution < -0.4 is 9.64 Å². The minimum absolute atomic E-state index is 0.204. The van der Waals surface area contributed by atoms with Crippen molar-refractivity contribution in [2.75, 3.05) is 36.4 Å². The first-order valence-electron chi connectivity index (χ1n) is 11.5. The Labute approximate surface area is 211 Å². The van der Waals surface area contributed by atoms with Gasteiger partial charge in [0.1, 0.15) is 11.9 Å². The van der Waals surface area contributed by atoms with Crippen LogP contribution in [0.3, 0.4) is 0 Å². The van der Waals surface area contributed by atoms with Gasteiger partial charge in [0, 0.05) is 47.1 Å². The van der Waals surface area contributed by atoms with Crippen molar-refractivity contribution < 1.29 is 23.9 Å². The number of nitrogens with zero attached hydrogens (tertiary/aromatic N) is 1. The third-order valence-corrected chi connectivity index (χ3v) is 6.26. The molecular weight excluding hydrogens is 477 g/mol. The van der Waals surface area contributed by atoms with Gasteiger partial charge < -0.3 is 14.4 Å². The molecule has 1 aromatic carbocycles. The summed E-state index contributed by atoms with van der Waals surface area (Å²) in [5.74, 6) is 0.295. The maximum Gasteiger partial charge on any atom is 0.338 e. The molecule has 34 heavy (non-hydrogen) atoms. The summed E-state index contributed by atoms with van der Waals surface area (Å²) in [6, 6.07) is 5.08. The topological polar surface area (TPSA) is 72.9 Å². The number of rotatable bonds is 12. The van der Waals surface area contributed by atoms with Crippen LogP contribution in [0.2, 0.25) is 0 Å². The summed E-state index contributed by atoms with van der Waals surface area (Å²) in [5.41, 5.74) is 2.41. The lowest BCUT2D eigenvalue weighted by Gasteiger charge is -2.26. The lowest BCUT2D eigenvalue weighted by molar-refractivity contribution is -0.117. The highest BCUT2D eigenvalue weighted by Gasteiger charge is 2.32. The van der Waals surface area contributed by atoms with Crippen LogP contribution in [-0.2, 0) is 14.3 Å². The molecular formula is C26H33Cl2NO5. The number of benzene rings is 1. The fourth-order valence-electron chi connectivity index (χ4n) is 3.79. The van der Waals surface area contributed by atoms with Crippen molar-refractivity contribution in [1.82, 2.24) is 0 Å². The lowest BCUT2D eigenvalue weighted by Crippen LogP contribution is -2.30. The minimum Gasteiger partial charge on any atom is -0.491 e. The van der Waals surface area contributed by atoms with Gasteiger partial charge in [0.25, 0.3) is 0 Å². The predicted octanol–water partition coefficient (Wildman–Crippen LogP) is 5.50. The average molecular weight is 510 g/mol. The molecule has 0 saturated carbocycles. The van der Waals surface area contributed by atoms with Gasteiger partial charge in [-0.15, -0.1) is 23.2 Å². The number of carbonyl (C=O) groups is 3. The molecule has 1 aromatic rings. The number of unbranched alkanes of at least 4 members (excludes halogenated alkanes) is 1. The molecule has 0 aliphatic heterocycles. The molecule has 0 amide bonds. The molecule has 1 aliphatic rings. The van der Waals surface area contributed by atoms with Gasteiger partial charge in [0.05, 0.1) is 17.9 Å². The number of ketones is 2. The summed E-state index contributed by atoms with van der Waals surface area (Å²) in [5, 5.41) is 0. The van der Waals surface area contributed by atoms with Gasteiger partial charge in [0.2, 0.25) is 0 Å². The number of ether oxygens (including phenoxy) is 2. The van der Waals surface area contributed by atoms with E-state index in [1.54, 1.807) is 45.9 Å². The Morgan fingerprint density at radius 2 is 1.62 bits per heavy atom. The Morgan fingerprint density at radius 1 is 1.00 bits per heavy atom. The van der Waals surface area contributed by atoms with Gasteiger partial charge in [-0.2, -0.15) is 0 Å². The zero-order valence-corrected chi connectivity index (χ0v) is 22.0. The zero-order chi connectivity index (χ0) is 25.4. The van der Waals surface area contributed by atoms with E-state index in [0.29, 0.717) is 53.9 Å². The van der Waals surface area contributed by atoms with Crippen molar-refractivity contribution in [1.29, 1.82) is 0 Å². The van der Waals surface area contributed by atoms with Crippen molar-refractivity contribution in [3.63, 3.8) is 0 Å². The van der Waals surface area contributed by atoms with Crippen LogP contribution in [0.25, 0.3) is 0 Å². The third-order valence-electron chi connectivity index (χ3n) is 5.92. The fraction of sp³-hybridized carbons (Fsp3) is 0.500. The Kier molecular flexibility index (Phi) is 10.6. The lowest BCUT2D eigenvalue weighted by atomic mass is 9.84. The number of hydrogen-bond acceptors (Lipinski definition) is 6. The first-order chi connectivity index (χ1) is 16.2. The molecule has 1 unspecified atom stereocenters. The van der Waals surface area contributed by atoms with Crippen molar-refractivity contribution >= 4 is 46.4 Å². The third kappa shape index (κ3) is 6.42. The van der Waals surface area contributed by atoms with Crippen LogP contribution in [0.5, 0.6) is 5.75 Å². The van der Waals surface area contributed by atoms with E-state index in [9.17, 15) is 14.4 Å². The second-order valence-corrected chi connectivity index (χ2v) is 9.00. The molecule has 1 aliphatic carbocycles. The second kappa shape index (κ2) is 13.0. The Morgan fingerprint density at radius 3 is 2.21 bits per heavy atom. The molecule has 0 fully saturated rings. The van der Waals surface area contributed by atoms with Gasteiger partial charge in [-0.1, -0.05) is 13.3 Å². The average Bonchev–Trinajstić information content (AvgIpc) is 2.81. The molecule has 0 heterocycles. The Balaban J connectivity index is 2.32. The Bertz CT molecular complexity index is 993. The van der Waals surface area contributed by atoms with Gasteiger partial charge in [-0.25, -0.2) is 4.79 Å². The van der Waals surface area contributed by atoms with E-state index in [-0.39, 0.29) is 22.7 Å². The monoisotopic (exact) mass is 509 g/mol. The maximum atomic E-state index is 13.0. The van der Waals surface area contributed by atoms with Crippen LogP contribution in [-0.4, -0.2) is 55.1 Å². The number of anilines is 1. The molecule has 0 saturated heterocycles. The van der Waals surface area contributed by atoms with E-state index in [1.165, 1.54) is 0 Å². The summed E-state index contributed by atoms with van der Waals surface area (Å²) in [7, 11) is 0. The van der Waals surface area contributed by atoms with E-state index >= 15 is 0 Å². The van der Waals surface area contributed by atoms with Crippen LogP contribution in [0.4, 0.5) is 5.69 Å². The number of Topliss-reactive ketones (excluding diaryl/α,β-unsaturated/α-hetero) is 2. The van der Waals surface area contributed by atoms with Gasteiger partial charge in [-0.05, 0) is 52.3 Å². The van der Waals surface area contributed by atoms with E-state index in [4.69, 9.17) is 32.7 Å². The molecule has 0 N–H and O–H groups in total. The number of hydrogen-bond donors (Lipinski definition) is 0. The molecule has 0 radical (unpaired) electrons. The second-order valence-electron chi connectivity index (χ2n) is 8.24. The smallest absolute Gasteiger partial charge is 0.338 e. The van der Waals surface area contributed by atoms with E-state index in [2.05, 4.69) is 6.92 Å². The predicted molar refractivity (Wildman–Crippen MR) is 136 cm³/mol. The molecule has 2 rings (SSSR count). The van der Waals surface area contributed by atoms with Crippen LogP contribution >= 0.6 is 23.2 Å². The standard InChI is InChI=1S/C26H33Cl2NO5/c1-6-7-14-33-22-15-20(8-9-21(22)29(12-10-27)13-11-28)26(32)34-19(5)23-18(4)24(30)16(2)17(3)25(23)31/h8-9,15,19H,6-7,10-14H2,1-5H3. The van der Waals surface area contributed by atoms with E-state index in [1.807, 2.05) is 4.90 Å². The fourth-order valence-corrected chi connectivity index (χ4v) is 4.20. The van der Waals surface area contributed by atoms with Crippen LogP contribution in [0.15, 0.2) is 40.5 Å². The molecule has 8 heteroatoms. The van der Waals surface area contributed by atoms with E-state index in [0.717, 1.165) is 18.5 Å². The van der Waals surface area contributed by atoms with Crippen molar-refractivity contribution in [2.45, 2.75) is 53.6 Å². The normalized spacial score (nSPS) is 15.0. The molecule has 6 nitrogen and oxygen atoms in total. The molecule has 1 atom stereocenters. The molecule has 186 valence electrons. The zero-order valence-electron chi connectivity index (χ0n) is 20.5. The molecule has 0 aromatic heterocycles. The molecule has 0 bridgehead atoms. The SMILES string of the molecule is CCCCOc1cc(C(=O)OC(C)C2=C(C)C(=O)C(C)=C(C)C2=O)ccc1N(CCCl)CCCl. The van der Waals surface area contributed by atoms with Gasteiger partial charge >= 0.3 is 5.97 Å². The highest BCUT2D eigenvalue weighted by atomic mass is 35.5. The minimum atomic E-state index is -0.875. The number of allylic oxidation sites excluding steroid dienone is 3. The first kappa shape index (κ1) is 27.9.